The number of hydrogen-bond acceptors (Lipinski definition) is 2. The molecule has 0 amide bonds. The topological polar surface area (TPSA) is 54.4 Å². The number of Topliss-reactive ketones (excluding diaryl/α,β-unsaturated/α-hetero) is 1. The number of carboxylic acid groups (broad SMARTS) is 1. The fourth-order valence-corrected chi connectivity index (χ4v) is 3.59. The van der Waals surface area contributed by atoms with Gasteiger partial charge in [-0.1, -0.05) is 24.3 Å². The molecular formula is C16H22O3. The molecular weight excluding hydrogens is 240 g/mol. The van der Waals surface area contributed by atoms with E-state index in [9.17, 15) is 9.59 Å². The highest BCUT2D eigenvalue weighted by Crippen LogP contribution is 2.49. The second-order valence-corrected chi connectivity index (χ2v) is 5.74. The van der Waals surface area contributed by atoms with Gasteiger partial charge in [0, 0.05) is 12.3 Å². The first-order valence-electron chi connectivity index (χ1n) is 7.15. The normalized spacial score (nSPS) is 32.3. The standard InChI is InChI=1S/C16H22O3/c1-11(17)16-13-9-8-12(10-13)14(16)6-4-2-3-5-7-15(18)19/h2,4,8-9,12-14,16H,3,5-7,10H2,1H3,(H,18,19)/b4-2-. The predicted octanol–water partition coefficient (Wildman–Crippen LogP) is 3.21. The van der Waals surface area contributed by atoms with Crippen LogP contribution in [0.1, 0.15) is 39.0 Å². The number of carboxylic acids is 1. The fraction of sp³-hybridized carbons (Fsp3) is 0.625. The van der Waals surface area contributed by atoms with E-state index in [2.05, 4.69) is 24.3 Å². The molecule has 2 aliphatic carbocycles. The van der Waals surface area contributed by atoms with Crippen molar-refractivity contribution in [1.29, 1.82) is 0 Å². The van der Waals surface area contributed by atoms with Crippen molar-refractivity contribution in [3.8, 4) is 0 Å². The quantitative estimate of drug-likeness (QED) is 0.566. The molecule has 2 bridgehead atoms. The average Bonchev–Trinajstić information content (AvgIpc) is 2.93. The van der Waals surface area contributed by atoms with Gasteiger partial charge in [-0.15, -0.1) is 0 Å². The molecule has 0 saturated heterocycles. The largest absolute Gasteiger partial charge is 0.481 e. The van der Waals surface area contributed by atoms with E-state index in [1.807, 2.05) is 0 Å². The molecule has 0 aromatic carbocycles. The number of ketones is 1. The molecule has 2 rings (SSSR count). The summed E-state index contributed by atoms with van der Waals surface area (Å²) >= 11 is 0. The number of fused-ring (bicyclic) bond motifs is 2. The molecule has 0 aromatic heterocycles. The van der Waals surface area contributed by atoms with Crippen molar-refractivity contribution in [2.45, 2.75) is 39.0 Å². The van der Waals surface area contributed by atoms with Gasteiger partial charge in [-0.05, 0) is 50.4 Å². The van der Waals surface area contributed by atoms with Gasteiger partial charge in [-0.2, -0.15) is 0 Å². The molecule has 0 heterocycles. The Morgan fingerprint density at radius 3 is 2.68 bits per heavy atom. The third-order valence-electron chi connectivity index (χ3n) is 4.43. The van der Waals surface area contributed by atoms with Crippen LogP contribution in [0.25, 0.3) is 0 Å². The first kappa shape index (κ1) is 14.0. The Morgan fingerprint density at radius 2 is 2.00 bits per heavy atom. The molecule has 1 N–H and O–H groups in total. The van der Waals surface area contributed by atoms with Crippen molar-refractivity contribution in [2.75, 3.05) is 0 Å². The second kappa shape index (κ2) is 6.18. The van der Waals surface area contributed by atoms with Crippen molar-refractivity contribution in [2.24, 2.45) is 23.7 Å². The van der Waals surface area contributed by atoms with Gasteiger partial charge in [-0.25, -0.2) is 0 Å². The number of carbonyl (C=O) groups excluding carboxylic acids is 1. The Hall–Kier alpha value is -1.38. The maximum atomic E-state index is 11.7. The van der Waals surface area contributed by atoms with E-state index in [-0.39, 0.29) is 12.3 Å². The van der Waals surface area contributed by atoms with Gasteiger partial charge in [-0.3, -0.25) is 9.59 Å². The number of carbonyl (C=O) groups is 2. The van der Waals surface area contributed by atoms with E-state index in [4.69, 9.17) is 5.11 Å². The molecule has 0 radical (unpaired) electrons. The third-order valence-corrected chi connectivity index (χ3v) is 4.43. The smallest absolute Gasteiger partial charge is 0.303 e. The molecule has 0 aromatic rings. The lowest BCUT2D eigenvalue weighted by atomic mass is 9.79. The van der Waals surface area contributed by atoms with Crippen LogP contribution in [0, 0.1) is 23.7 Å². The van der Waals surface area contributed by atoms with Crippen LogP contribution in [-0.2, 0) is 9.59 Å². The molecule has 3 nitrogen and oxygen atoms in total. The zero-order valence-electron chi connectivity index (χ0n) is 11.4. The molecule has 4 atom stereocenters. The number of rotatable bonds is 7. The summed E-state index contributed by atoms with van der Waals surface area (Å²) in [5.74, 6) is 1.29. The predicted molar refractivity (Wildman–Crippen MR) is 73.6 cm³/mol. The summed E-state index contributed by atoms with van der Waals surface area (Å²) in [6.45, 7) is 1.71. The minimum Gasteiger partial charge on any atom is -0.481 e. The van der Waals surface area contributed by atoms with E-state index in [0.29, 0.717) is 30.0 Å². The highest BCUT2D eigenvalue weighted by atomic mass is 16.4. The van der Waals surface area contributed by atoms with E-state index in [1.54, 1.807) is 6.92 Å². The number of aliphatic carboxylic acids is 1. The second-order valence-electron chi connectivity index (χ2n) is 5.74. The van der Waals surface area contributed by atoms with Crippen molar-refractivity contribution in [3.05, 3.63) is 24.3 Å². The molecule has 2 aliphatic rings. The molecule has 0 spiro atoms. The SMILES string of the molecule is CC(=O)C1C2C=CC(C2)C1C/C=C\CCCC(=O)O. The van der Waals surface area contributed by atoms with E-state index in [0.717, 1.165) is 19.3 Å². The first-order valence-corrected chi connectivity index (χ1v) is 7.15. The minimum atomic E-state index is -0.733. The number of hydrogen-bond donors (Lipinski definition) is 1. The summed E-state index contributed by atoms with van der Waals surface area (Å²) in [7, 11) is 0. The minimum absolute atomic E-state index is 0.207. The van der Waals surface area contributed by atoms with Gasteiger partial charge in [0.15, 0.2) is 0 Å². The lowest BCUT2D eigenvalue weighted by Gasteiger charge is -2.24. The number of unbranched alkanes of at least 4 members (excludes halogenated alkanes) is 1. The monoisotopic (exact) mass is 262 g/mol. The summed E-state index contributed by atoms with van der Waals surface area (Å²) in [5.41, 5.74) is 0. The highest BCUT2D eigenvalue weighted by Gasteiger charge is 2.45. The van der Waals surface area contributed by atoms with Crippen LogP contribution < -0.4 is 0 Å². The lowest BCUT2D eigenvalue weighted by molar-refractivity contribution is -0.137. The zero-order chi connectivity index (χ0) is 13.8. The van der Waals surface area contributed by atoms with Crippen molar-refractivity contribution in [1.82, 2.24) is 0 Å². The average molecular weight is 262 g/mol. The van der Waals surface area contributed by atoms with Crippen LogP contribution in [-0.4, -0.2) is 16.9 Å². The van der Waals surface area contributed by atoms with Crippen LogP contribution in [0.5, 0.6) is 0 Å². The van der Waals surface area contributed by atoms with Gasteiger partial charge < -0.3 is 5.11 Å². The van der Waals surface area contributed by atoms with E-state index in [1.165, 1.54) is 0 Å². The van der Waals surface area contributed by atoms with E-state index < -0.39 is 5.97 Å². The van der Waals surface area contributed by atoms with Gasteiger partial charge in [0.1, 0.15) is 5.78 Å². The maximum absolute atomic E-state index is 11.7. The Morgan fingerprint density at radius 1 is 1.26 bits per heavy atom. The van der Waals surface area contributed by atoms with Crippen LogP contribution in [0.2, 0.25) is 0 Å². The van der Waals surface area contributed by atoms with Gasteiger partial charge in [0.05, 0.1) is 0 Å². The number of allylic oxidation sites excluding steroid dienone is 4. The van der Waals surface area contributed by atoms with Crippen molar-refractivity contribution in [3.63, 3.8) is 0 Å². The Kier molecular flexibility index (Phi) is 4.56. The third kappa shape index (κ3) is 3.34. The Balaban J connectivity index is 1.79. The molecule has 3 heteroatoms. The van der Waals surface area contributed by atoms with Gasteiger partial charge in [0.25, 0.3) is 0 Å². The molecule has 1 fully saturated rings. The zero-order valence-corrected chi connectivity index (χ0v) is 11.4. The van der Waals surface area contributed by atoms with Crippen LogP contribution in [0.3, 0.4) is 0 Å². The summed E-state index contributed by atoms with van der Waals surface area (Å²) in [5, 5.41) is 8.54. The molecule has 19 heavy (non-hydrogen) atoms. The summed E-state index contributed by atoms with van der Waals surface area (Å²) in [6, 6.07) is 0. The summed E-state index contributed by atoms with van der Waals surface area (Å²) in [6.07, 6.45) is 12.5. The van der Waals surface area contributed by atoms with Crippen LogP contribution >= 0.6 is 0 Å². The van der Waals surface area contributed by atoms with Gasteiger partial charge >= 0.3 is 5.97 Å². The fourth-order valence-electron chi connectivity index (χ4n) is 3.59. The lowest BCUT2D eigenvalue weighted by Crippen LogP contribution is -2.25. The van der Waals surface area contributed by atoms with Crippen LogP contribution in [0.15, 0.2) is 24.3 Å². The Bertz CT molecular complexity index is 408. The molecule has 4 unspecified atom stereocenters. The van der Waals surface area contributed by atoms with Gasteiger partial charge in [0.2, 0.25) is 0 Å². The first-order chi connectivity index (χ1) is 9.09. The Labute approximate surface area is 114 Å². The van der Waals surface area contributed by atoms with Crippen LogP contribution in [0.4, 0.5) is 0 Å². The molecule has 104 valence electrons. The maximum Gasteiger partial charge on any atom is 0.303 e. The van der Waals surface area contributed by atoms with E-state index >= 15 is 0 Å². The molecule has 1 saturated carbocycles. The van der Waals surface area contributed by atoms with Crippen molar-refractivity contribution >= 4 is 11.8 Å². The molecule has 0 aliphatic heterocycles. The summed E-state index contributed by atoms with van der Waals surface area (Å²) < 4.78 is 0. The van der Waals surface area contributed by atoms with Crippen molar-refractivity contribution < 1.29 is 14.7 Å². The highest BCUT2D eigenvalue weighted by molar-refractivity contribution is 5.80. The summed E-state index contributed by atoms with van der Waals surface area (Å²) in [4.78, 5) is 22.1.